The van der Waals surface area contributed by atoms with Crippen LogP contribution in [-0.4, -0.2) is 29.0 Å². The number of carbonyl (C=O) groups is 1. The number of nitrogens with zero attached hydrogens (tertiary/aromatic N) is 3. The molecule has 0 spiro atoms. The van der Waals surface area contributed by atoms with E-state index < -0.39 is 11.7 Å². The molecule has 2 aromatic carbocycles. The largest absolute Gasteiger partial charge is 0.372 e. The second kappa shape index (κ2) is 8.26. The van der Waals surface area contributed by atoms with Crippen LogP contribution < -0.4 is 15.5 Å². The van der Waals surface area contributed by atoms with Crippen LogP contribution in [0.1, 0.15) is 29.0 Å². The Balaban J connectivity index is 1.48. The molecule has 2 heterocycles. The van der Waals surface area contributed by atoms with E-state index in [0.29, 0.717) is 17.3 Å². The number of hydrogen-bond donors (Lipinski definition) is 2. The molecule has 0 saturated carbocycles. The number of benzene rings is 2. The summed E-state index contributed by atoms with van der Waals surface area (Å²) in [6, 6.07) is 15.4. The molecule has 0 unspecified atom stereocenters. The lowest BCUT2D eigenvalue weighted by atomic mass is 10.2. The van der Waals surface area contributed by atoms with Crippen molar-refractivity contribution in [1.29, 1.82) is 0 Å². The Morgan fingerprint density at radius 2 is 1.76 bits per heavy atom. The number of hydrogen-bond acceptors (Lipinski definition) is 5. The van der Waals surface area contributed by atoms with Gasteiger partial charge in [0, 0.05) is 35.8 Å². The first kappa shape index (κ1) is 18.9. The van der Waals surface area contributed by atoms with Crippen LogP contribution in [-0.2, 0) is 0 Å². The van der Waals surface area contributed by atoms with E-state index in [1.807, 2.05) is 12.1 Å². The maximum Gasteiger partial charge on any atom is 0.274 e. The highest BCUT2D eigenvalue weighted by Gasteiger charge is 2.13. The zero-order valence-electron chi connectivity index (χ0n) is 16.2. The first-order valence-electron chi connectivity index (χ1n) is 9.61. The van der Waals surface area contributed by atoms with E-state index >= 15 is 0 Å². The van der Waals surface area contributed by atoms with Crippen molar-refractivity contribution < 1.29 is 9.18 Å². The van der Waals surface area contributed by atoms with E-state index in [0.717, 1.165) is 18.8 Å². The molecule has 1 saturated heterocycles. The van der Waals surface area contributed by atoms with Crippen LogP contribution in [0.15, 0.2) is 54.6 Å². The minimum atomic E-state index is -0.423. The van der Waals surface area contributed by atoms with Crippen molar-refractivity contribution in [3.05, 3.63) is 71.8 Å². The number of halogens is 1. The quantitative estimate of drug-likeness (QED) is 0.669. The van der Waals surface area contributed by atoms with Crippen molar-refractivity contribution in [2.24, 2.45) is 0 Å². The molecule has 2 N–H and O–H groups in total. The van der Waals surface area contributed by atoms with Gasteiger partial charge in [0.25, 0.3) is 5.91 Å². The van der Waals surface area contributed by atoms with Gasteiger partial charge >= 0.3 is 0 Å². The molecule has 0 atom stereocenters. The summed E-state index contributed by atoms with van der Waals surface area (Å²) in [7, 11) is 0. The van der Waals surface area contributed by atoms with Gasteiger partial charge < -0.3 is 15.5 Å². The fourth-order valence-corrected chi connectivity index (χ4v) is 3.36. The molecule has 1 aromatic heterocycles. The zero-order chi connectivity index (χ0) is 20.2. The molecule has 0 radical (unpaired) electrons. The second-order valence-corrected chi connectivity index (χ2v) is 7.05. The summed E-state index contributed by atoms with van der Waals surface area (Å²) in [6.07, 6.45) is 2.47. The van der Waals surface area contributed by atoms with Crippen molar-refractivity contribution in [3.63, 3.8) is 0 Å². The van der Waals surface area contributed by atoms with Gasteiger partial charge in [-0.2, -0.15) is 0 Å². The Morgan fingerprint density at radius 3 is 2.48 bits per heavy atom. The molecular formula is C22H22FN5O. The predicted octanol–water partition coefficient (Wildman–Crippen LogP) is 4.52. The average Bonchev–Trinajstić information content (AvgIpc) is 3.23. The van der Waals surface area contributed by atoms with Gasteiger partial charge in [-0.3, -0.25) is 4.79 Å². The van der Waals surface area contributed by atoms with E-state index in [1.165, 1.54) is 36.7 Å². The van der Waals surface area contributed by atoms with E-state index in [1.54, 1.807) is 19.1 Å². The van der Waals surface area contributed by atoms with E-state index in [9.17, 15) is 9.18 Å². The lowest BCUT2D eigenvalue weighted by molar-refractivity contribution is 0.102. The van der Waals surface area contributed by atoms with E-state index in [4.69, 9.17) is 0 Å². The molecule has 148 valence electrons. The van der Waals surface area contributed by atoms with Crippen molar-refractivity contribution in [2.45, 2.75) is 19.8 Å². The summed E-state index contributed by atoms with van der Waals surface area (Å²) in [6.45, 7) is 3.98. The second-order valence-electron chi connectivity index (χ2n) is 7.05. The van der Waals surface area contributed by atoms with E-state index in [2.05, 4.69) is 37.6 Å². The van der Waals surface area contributed by atoms with Crippen molar-refractivity contribution in [1.82, 2.24) is 9.97 Å². The molecule has 3 aromatic rings. The molecule has 1 aliphatic rings. The predicted molar refractivity (Wildman–Crippen MR) is 112 cm³/mol. The minimum Gasteiger partial charge on any atom is -0.372 e. The Hall–Kier alpha value is -3.48. The van der Waals surface area contributed by atoms with Gasteiger partial charge in [-0.05, 0) is 68.3 Å². The van der Waals surface area contributed by atoms with Crippen molar-refractivity contribution in [3.8, 4) is 0 Å². The van der Waals surface area contributed by atoms with Crippen LogP contribution in [0.2, 0.25) is 0 Å². The third-order valence-corrected chi connectivity index (χ3v) is 4.76. The highest BCUT2D eigenvalue weighted by atomic mass is 19.1. The molecule has 1 amide bonds. The maximum atomic E-state index is 13.3. The summed E-state index contributed by atoms with van der Waals surface area (Å²) < 4.78 is 13.3. The standard InChI is InChI=1S/C22H22FN5O/c1-15-13-20(21(29)25-18-6-4-5-16(23)14-18)27-22(24-15)26-17-7-9-19(10-8-17)28-11-2-3-12-28/h4-10,13-14H,2-3,11-12H2,1H3,(H,25,29)(H,24,26,27). The molecule has 7 heteroatoms. The number of nitrogens with one attached hydrogen (secondary N) is 2. The third-order valence-electron chi connectivity index (χ3n) is 4.76. The van der Waals surface area contributed by atoms with Gasteiger partial charge in [0.15, 0.2) is 0 Å². The summed E-state index contributed by atoms with van der Waals surface area (Å²) in [5, 5.41) is 5.80. The molecule has 0 bridgehead atoms. The molecular weight excluding hydrogens is 369 g/mol. The molecule has 29 heavy (non-hydrogen) atoms. The maximum absolute atomic E-state index is 13.3. The number of aryl methyl sites for hydroxylation is 1. The first-order chi connectivity index (χ1) is 14.1. The lowest BCUT2D eigenvalue weighted by Gasteiger charge is -2.17. The van der Waals surface area contributed by atoms with Gasteiger partial charge in [0.05, 0.1) is 0 Å². The van der Waals surface area contributed by atoms with Crippen LogP contribution in [0, 0.1) is 12.7 Å². The Labute approximate surface area is 168 Å². The number of rotatable bonds is 5. The van der Waals surface area contributed by atoms with Crippen LogP contribution in [0.4, 0.5) is 27.4 Å². The number of amides is 1. The van der Waals surface area contributed by atoms with Gasteiger partial charge in [-0.1, -0.05) is 6.07 Å². The molecule has 0 aliphatic carbocycles. The van der Waals surface area contributed by atoms with Crippen molar-refractivity contribution in [2.75, 3.05) is 28.6 Å². The van der Waals surface area contributed by atoms with Gasteiger partial charge in [0.1, 0.15) is 11.5 Å². The van der Waals surface area contributed by atoms with Crippen LogP contribution >= 0.6 is 0 Å². The smallest absolute Gasteiger partial charge is 0.274 e. The first-order valence-corrected chi connectivity index (χ1v) is 9.61. The zero-order valence-corrected chi connectivity index (χ0v) is 16.2. The Bertz CT molecular complexity index is 1020. The lowest BCUT2D eigenvalue weighted by Crippen LogP contribution is -2.17. The van der Waals surface area contributed by atoms with Crippen molar-refractivity contribution >= 4 is 28.9 Å². The van der Waals surface area contributed by atoms with Gasteiger partial charge in [-0.25, -0.2) is 14.4 Å². The topological polar surface area (TPSA) is 70.2 Å². The fraction of sp³-hybridized carbons (Fsp3) is 0.227. The SMILES string of the molecule is Cc1cc(C(=O)Nc2cccc(F)c2)nc(Nc2ccc(N3CCCC3)cc2)n1. The van der Waals surface area contributed by atoms with Crippen LogP contribution in [0.25, 0.3) is 0 Å². The van der Waals surface area contributed by atoms with Gasteiger partial charge in [-0.15, -0.1) is 0 Å². The van der Waals surface area contributed by atoms with Gasteiger partial charge in [0.2, 0.25) is 5.95 Å². The molecule has 1 fully saturated rings. The Kier molecular flexibility index (Phi) is 5.37. The summed E-state index contributed by atoms with van der Waals surface area (Å²) in [5.41, 5.74) is 3.28. The van der Waals surface area contributed by atoms with E-state index in [-0.39, 0.29) is 5.69 Å². The molecule has 1 aliphatic heterocycles. The molecule has 6 nitrogen and oxygen atoms in total. The normalized spacial score (nSPS) is 13.4. The third kappa shape index (κ3) is 4.68. The minimum absolute atomic E-state index is 0.206. The number of anilines is 4. The summed E-state index contributed by atoms with van der Waals surface area (Å²) in [5.74, 6) is -0.502. The summed E-state index contributed by atoms with van der Waals surface area (Å²) >= 11 is 0. The highest BCUT2D eigenvalue weighted by Crippen LogP contribution is 2.23. The number of aromatic nitrogens is 2. The van der Waals surface area contributed by atoms with Crippen LogP contribution in [0.5, 0.6) is 0 Å². The average molecular weight is 391 g/mol. The Morgan fingerprint density at radius 1 is 1.00 bits per heavy atom. The van der Waals surface area contributed by atoms with Crippen LogP contribution in [0.3, 0.4) is 0 Å². The summed E-state index contributed by atoms with van der Waals surface area (Å²) in [4.78, 5) is 23.5. The number of carbonyl (C=O) groups excluding carboxylic acids is 1. The highest BCUT2D eigenvalue weighted by molar-refractivity contribution is 6.03. The fourth-order valence-electron chi connectivity index (χ4n) is 3.36. The monoisotopic (exact) mass is 391 g/mol. The molecule has 4 rings (SSSR count).